The molecule has 1 aromatic carbocycles. The highest BCUT2D eigenvalue weighted by molar-refractivity contribution is 5.82. The predicted octanol–water partition coefficient (Wildman–Crippen LogP) is 6.37. The molecule has 0 radical (unpaired) electrons. The molecule has 5 atom stereocenters. The van der Waals surface area contributed by atoms with Crippen LogP contribution in [-0.4, -0.2) is 40.2 Å². The van der Waals surface area contributed by atoms with Gasteiger partial charge in [-0.05, 0) is 63.3 Å². The van der Waals surface area contributed by atoms with Gasteiger partial charge >= 0.3 is 0 Å². The smallest absolute Gasteiger partial charge is 0.131 e. The highest BCUT2D eigenvalue weighted by atomic mass is 16.3. The lowest BCUT2D eigenvalue weighted by molar-refractivity contribution is -0.968. The molecular weight excluding hydrogens is 392 g/mol. The van der Waals surface area contributed by atoms with E-state index in [1.165, 1.54) is 17.6 Å². The summed E-state index contributed by atoms with van der Waals surface area (Å²) in [5.41, 5.74) is 4.84. The minimum absolute atomic E-state index is 0.220. The van der Waals surface area contributed by atoms with Crippen LogP contribution in [0.5, 0.6) is 0 Å². The standard InChI is InChI=1S/C29H39N2O/c1-5-23-20-31(17-14-22(4)10-8-9-21(2)3)18-15-24(23)19-28(31)29(32)26-13-16-30-27-12-7-6-11-25(26)27/h5-7,9,11-14,16,23-24,28-29,32H,1,8,10,15,17-20H2,2-4H3/q+1/b22-14+/t23?,24?,28?,29-,31?/m0/s1. The molecule has 3 nitrogen and oxygen atoms in total. The monoisotopic (exact) mass is 431 g/mol. The molecule has 1 aromatic heterocycles. The molecule has 0 spiro atoms. The number of aliphatic hydroxyl groups is 1. The molecule has 3 fully saturated rings. The van der Waals surface area contributed by atoms with E-state index < -0.39 is 6.10 Å². The third-order valence-corrected chi connectivity index (χ3v) is 7.94. The Labute approximate surface area is 193 Å². The quantitative estimate of drug-likeness (QED) is 0.389. The number of hydrogen-bond acceptors (Lipinski definition) is 2. The van der Waals surface area contributed by atoms with Crippen LogP contribution in [0.2, 0.25) is 0 Å². The average molecular weight is 432 g/mol. The maximum Gasteiger partial charge on any atom is 0.131 e. The number of aromatic nitrogens is 1. The Morgan fingerprint density at radius 2 is 2.03 bits per heavy atom. The zero-order chi connectivity index (χ0) is 22.7. The molecule has 3 aliphatic rings. The third kappa shape index (κ3) is 4.60. The molecule has 2 aromatic rings. The first-order valence-corrected chi connectivity index (χ1v) is 12.2. The van der Waals surface area contributed by atoms with Gasteiger partial charge in [-0.1, -0.05) is 41.5 Å². The molecule has 5 rings (SSSR count). The van der Waals surface area contributed by atoms with E-state index in [1.807, 2.05) is 30.5 Å². The van der Waals surface area contributed by atoms with Crippen molar-refractivity contribution in [2.75, 3.05) is 19.6 Å². The molecule has 0 amide bonds. The Bertz CT molecular complexity index is 1010. The number of para-hydroxylation sites is 1. The van der Waals surface area contributed by atoms with Gasteiger partial charge < -0.3 is 9.59 Å². The summed E-state index contributed by atoms with van der Waals surface area (Å²) in [7, 11) is 0. The van der Waals surface area contributed by atoms with Gasteiger partial charge in [0.15, 0.2) is 0 Å². The van der Waals surface area contributed by atoms with E-state index in [0.29, 0.717) is 11.8 Å². The normalized spacial score (nSPS) is 28.5. The lowest BCUT2D eigenvalue weighted by Crippen LogP contribution is -2.68. The van der Waals surface area contributed by atoms with Gasteiger partial charge in [-0.3, -0.25) is 4.98 Å². The zero-order valence-corrected chi connectivity index (χ0v) is 20.0. The molecule has 4 heterocycles. The Kier molecular flexibility index (Phi) is 6.97. The van der Waals surface area contributed by atoms with Crippen molar-refractivity contribution in [3.8, 4) is 0 Å². The second-order valence-corrected chi connectivity index (χ2v) is 10.3. The molecule has 3 aliphatic heterocycles. The molecule has 0 saturated carbocycles. The number of benzene rings is 1. The van der Waals surface area contributed by atoms with E-state index in [0.717, 1.165) is 59.8 Å². The molecule has 3 saturated heterocycles. The lowest BCUT2D eigenvalue weighted by Gasteiger charge is -2.58. The van der Waals surface area contributed by atoms with Crippen molar-refractivity contribution in [2.45, 2.75) is 58.6 Å². The number of quaternary nitrogens is 1. The number of fused-ring (bicyclic) bond motifs is 4. The van der Waals surface area contributed by atoms with E-state index in [2.05, 4.69) is 56.6 Å². The predicted molar refractivity (Wildman–Crippen MR) is 134 cm³/mol. The zero-order valence-electron chi connectivity index (χ0n) is 20.0. The van der Waals surface area contributed by atoms with Crippen LogP contribution in [0.25, 0.3) is 10.9 Å². The summed E-state index contributed by atoms with van der Waals surface area (Å²) in [4.78, 5) is 4.52. The van der Waals surface area contributed by atoms with Crippen molar-refractivity contribution in [2.24, 2.45) is 11.8 Å². The summed E-state index contributed by atoms with van der Waals surface area (Å²) < 4.78 is 0.977. The van der Waals surface area contributed by atoms with E-state index >= 15 is 0 Å². The number of pyridine rings is 1. The van der Waals surface area contributed by atoms with Crippen LogP contribution in [0.1, 0.15) is 58.1 Å². The summed E-state index contributed by atoms with van der Waals surface area (Å²) >= 11 is 0. The maximum absolute atomic E-state index is 11.8. The second kappa shape index (κ2) is 9.72. The van der Waals surface area contributed by atoms with Crippen molar-refractivity contribution in [1.29, 1.82) is 0 Å². The maximum atomic E-state index is 11.8. The Morgan fingerprint density at radius 3 is 2.81 bits per heavy atom. The Balaban J connectivity index is 1.62. The topological polar surface area (TPSA) is 33.1 Å². The number of allylic oxidation sites excluding steroid dienone is 3. The fourth-order valence-corrected chi connectivity index (χ4v) is 6.03. The highest BCUT2D eigenvalue weighted by Crippen LogP contribution is 2.47. The minimum atomic E-state index is -0.476. The van der Waals surface area contributed by atoms with Crippen molar-refractivity contribution in [1.82, 2.24) is 4.98 Å². The highest BCUT2D eigenvalue weighted by Gasteiger charge is 2.53. The molecule has 1 N–H and O–H groups in total. The van der Waals surface area contributed by atoms with Gasteiger partial charge in [-0.15, -0.1) is 6.58 Å². The number of hydrogen-bond donors (Lipinski definition) is 1. The van der Waals surface area contributed by atoms with Crippen LogP contribution in [-0.2, 0) is 0 Å². The van der Waals surface area contributed by atoms with E-state index in [1.54, 1.807) is 0 Å². The average Bonchev–Trinajstić information content (AvgIpc) is 2.82. The van der Waals surface area contributed by atoms with E-state index in [4.69, 9.17) is 0 Å². The van der Waals surface area contributed by atoms with Gasteiger partial charge in [0.2, 0.25) is 0 Å². The van der Waals surface area contributed by atoms with E-state index in [9.17, 15) is 5.11 Å². The first-order valence-electron chi connectivity index (χ1n) is 12.2. The first-order chi connectivity index (χ1) is 15.4. The first kappa shape index (κ1) is 22.9. The third-order valence-electron chi connectivity index (χ3n) is 7.94. The van der Waals surface area contributed by atoms with Crippen molar-refractivity contribution in [3.05, 3.63) is 78.0 Å². The summed E-state index contributed by atoms with van der Waals surface area (Å²) in [5.74, 6) is 1.20. The second-order valence-electron chi connectivity index (χ2n) is 10.3. The van der Waals surface area contributed by atoms with Gasteiger partial charge in [0.1, 0.15) is 12.1 Å². The van der Waals surface area contributed by atoms with Crippen LogP contribution in [0.15, 0.2) is 72.5 Å². The fraction of sp³-hybridized carbons (Fsp3) is 0.483. The largest absolute Gasteiger partial charge is 0.382 e. The summed E-state index contributed by atoms with van der Waals surface area (Å²) in [5, 5.41) is 12.8. The minimum Gasteiger partial charge on any atom is -0.382 e. The van der Waals surface area contributed by atoms with Gasteiger partial charge in [0.25, 0.3) is 0 Å². The van der Waals surface area contributed by atoms with E-state index in [-0.39, 0.29) is 6.04 Å². The fourth-order valence-electron chi connectivity index (χ4n) is 6.03. The van der Waals surface area contributed by atoms with Crippen LogP contribution in [0, 0.1) is 11.8 Å². The van der Waals surface area contributed by atoms with Crippen LogP contribution in [0.3, 0.4) is 0 Å². The molecule has 4 unspecified atom stereocenters. The summed E-state index contributed by atoms with van der Waals surface area (Å²) in [6.07, 6.45) is 12.9. The SMILES string of the molecule is C=CC1C[N+]2(C/C=C(\C)CCC=C(C)C)CCC1CC2[C@@H](O)c1ccnc2ccccc12. The van der Waals surface area contributed by atoms with Gasteiger partial charge in [0.05, 0.1) is 25.2 Å². The lowest BCUT2D eigenvalue weighted by atomic mass is 9.71. The van der Waals surface area contributed by atoms with Crippen molar-refractivity contribution >= 4 is 10.9 Å². The molecular formula is C29H39N2O+. The van der Waals surface area contributed by atoms with Gasteiger partial charge in [0, 0.05) is 30.3 Å². The number of piperidine rings is 3. The molecule has 170 valence electrons. The number of nitrogens with zero attached hydrogens (tertiary/aromatic N) is 2. The van der Waals surface area contributed by atoms with Crippen LogP contribution < -0.4 is 0 Å². The van der Waals surface area contributed by atoms with Crippen molar-refractivity contribution < 1.29 is 9.59 Å². The summed E-state index contributed by atoms with van der Waals surface area (Å²) in [6.45, 7) is 14.0. The van der Waals surface area contributed by atoms with Gasteiger partial charge in [-0.25, -0.2) is 0 Å². The molecule has 0 aliphatic carbocycles. The molecule has 3 heteroatoms. The summed E-state index contributed by atoms with van der Waals surface area (Å²) in [6, 6.07) is 10.4. The van der Waals surface area contributed by atoms with Crippen LogP contribution in [0.4, 0.5) is 0 Å². The number of rotatable bonds is 8. The Morgan fingerprint density at radius 1 is 1.22 bits per heavy atom. The molecule has 32 heavy (non-hydrogen) atoms. The van der Waals surface area contributed by atoms with Crippen molar-refractivity contribution in [3.63, 3.8) is 0 Å². The Hall–Kier alpha value is -2.23. The van der Waals surface area contributed by atoms with Crippen LogP contribution >= 0.6 is 0 Å². The molecule has 2 bridgehead atoms. The van der Waals surface area contributed by atoms with Gasteiger partial charge in [-0.2, -0.15) is 0 Å². The number of aliphatic hydroxyl groups excluding tert-OH is 1.